The van der Waals surface area contributed by atoms with E-state index >= 15 is 0 Å². The summed E-state index contributed by atoms with van der Waals surface area (Å²) in [5.74, 6) is 0.628. The Hall–Kier alpha value is -3.22. The minimum Gasteiger partial charge on any atom is -0.497 e. The standard InChI is InChI=1S/C20H26N4O3/c1-3-24(14-16-6-10-18(27-2)11-7-16)19(25)13-23-20(26)22-12-15-4-8-17(21)9-5-15/h4-11H,3,12-14,21H2,1-2H3,(H2,22,23,26). The number of likely N-dealkylation sites (N-methyl/N-ethyl adjacent to an activating group) is 1. The topological polar surface area (TPSA) is 96.7 Å². The maximum Gasteiger partial charge on any atom is 0.315 e. The van der Waals surface area contributed by atoms with Gasteiger partial charge in [-0.25, -0.2) is 4.79 Å². The smallest absolute Gasteiger partial charge is 0.315 e. The van der Waals surface area contributed by atoms with Crippen LogP contribution in [-0.4, -0.2) is 37.0 Å². The molecule has 0 heterocycles. The number of carbonyl (C=O) groups is 2. The van der Waals surface area contributed by atoms with Crippen LogP contribution in [0.15, 0.2) is 48.5 Å². The zero-order chi connectivity index (χ0) is 19.6. The summed E-state index contributed by atoms with van der Waals surface area (Å²) in [6.45, 7) is 3.25. The zero-order valence-electron chi connectivity index (χ0n) is 15.7. The van der Waals surface area contributed by atoms with Crippen molar-refractivity contribution in [3.63, 3.8) is 0 Å². The van der Waals surface area contributed by atoms with Gasteiger partial charge in [-0.1, -0.05) is 24.3 Å². The van der Waals surface area contributed by atoms with Gasteiger partial charge in [-0.3, -0.25) is 4.79 Å². The van der Waals surface area contributed by atoms with Crippen molar-refractivity contribution in [1.29, 1.82) is 0 Å². The predicted molar refractivity (Wildman–Crippen MR) is 105 cm³/mol. The minimum absolute atomic E-state index is 0.0580. The van der Waals surface area contributed by atoms with Gasteiger partial charge in [0.2, 0.25) is 5.91 Å². The van der Waals surface area contributed by atoms with Crippen LogP contribution in [0.25, 0.3) is 0 Å². The molecule has 3 amide bonds. The normalized spacial score (nSPS) is 10.1. The second-order valence-electron chi connectivity index (χ2n) is 6.03. The molecular weight excluding hydrogens is 344 g/mol. The van der Waals surface area contributed by atoms with Crippen molar-refractivity contribution in [3.05, 3.63) is 59.7 Å². The van der Waals surface area contributed by atoms with Crippen LogP contribution in [-0.2, 0) is 17.9 Å². The lowest BCUT2D eigenvalue weighted by Crippen LogP contribution is -2.43. The number of carbonyl (C=O) groups excluding carboxylic acids is 2. The Morgan fingerprint density at radius 3 is 2.22 bits per heavy atom. The Bertz CT molecular complexity index is 745. The summed E-state index contributed by atoms with van der Waals surface area (Å²) in [5.41, 5.74) is 8.23. The van der Waals surface area contributed by atoms with Crippen LogP contribution < -0.4 is 21.1 Å². The molecule has 7 nitrogen and oxygen atoms in total. The van der Waals surface area contributed by atoms with Crippen LogP contribution in [0.1, 0.15) is 18.1 Å². The molecule has 0 aliphatic heterocycles. The van der Waals surface area contributed by atoms with Gasteiger partial charge >= 0.3 is 6.03 Å². The van der Waals surface area contributed by atoms with E-state index in [1.807, 2.05) is 43.3 Å². The fourth-order valence-electron chi connectivity index (χ4n) is 2.48. The predicted octanol–water partition coefficient (Wildman–Crippen LogP) is 2.13. The number of amides is 3. The summed E-state index contributed by atoms with van der Waals surface area (Å²) in [7, 11) is 1.61. The SMILES string of the molecule is CCN(Cc1ccc(OC)cc1)C(=O)CNC(=O)NCc1ccc(N)cc1. The number of nitrogens with two attached hydrogens (primary N) is 1. The molecule has 0 aromatic heterocycles. The number of benzene rings is 2. The third-order valence-electron chi connectivity index (χ3n) is 4.10. The van der Waals surface area contributed by atoms with E-state index in [0.29, 0.717) is 25.3 Å². The third-order valence-corrected chi connectivity index (χ3v) is 4.10. The van der Waals surface area contributed by atoms with E-state index in [1.165, 1.54) is 0 Å². The first-order valence-corrected chi connectivity index (χ1v) is 8.78. The number of nitrogens with zero attached hydrogens (tertiary/aromatic N) is 1. The number of ether oxygens (including phenoxy) is 1. The van der Waals surface area contributed by atoms with Crippen molar-refractivity contribution in [2.24, 2.45) is 0 Å². The van der Waals surface area contributed by atoms with Gasteiger partial charge in [-0.2, -0.15) is 0 Å². The molecule has 0 saturated carbocycles. The number of rotatable bonds is 8. The molecule has 0 aliphatic carbocycles. The van der Waals surface area contributed by atoms with Crippen molar-refractivity contribution in [2.75, 3.05) is 25.9 Å². The zero-order valence-corrected chi connectivity index (χ0v) is 15.7. The molecule has 2 aromatic carbocycles. The molecule has 0 radical (unpaired) electrons. The van der Waals surface area contributed by atoms with Gasteiger partial charge in [-0.15, -0.1) is 0 Å². The maximum absolute atomic E-state index is 12.4. The Morgan fingerprint density at radius 2 is 1.63 bits per heavy atom. The molecule has 144 valence electrons. The molecular formula is C20H26N4O3. The first-order valence-electron chi connectivity index (χ1n) is 8.78. The first-order chi connectivity index (χ1) is 13.0. The quantitative estimate of drug-likeness (QED) is 0.620. The van der Waals surface area contributed by atoms with E-state index in [4.69, 9.17) is 10.5 Å². The molecule has 0 bridgehead atoms. The molecule has 0 spiro atoms. The highest BCUT2D eigenvalue weighted by Gasteiger charge is 2.13. The lowest BCUT2D eigenvalue weighted by atomic mass is 10.2. The third kappa shape index (κ3) is 6.54. The Labute approximate surface area is 159 Å². The van der Waals surface area contributed by atoms with Gasteiger partial charge < -0.3 is 26.0 Å². The second kappa shape index (κ2) is 10.1. The molecule has 2 rings (SSSR count). The molecule has 2 aromatic rings. The molecule has 27 heavy (non-hydrogen) atoms. The molecule has 0 unspecified atom stereocenters. The van der Waals surface area contributed by atoms with E-state index in [1.54, 1.807) is 24.1 Å². The maximum atomic E-state index is 12.4. The minimum atomic E-state index is -0.388. The lowest BCUT2D eigenvalue weighted by Gasteiger charge is -2.21. The Kier molecular flexibility index (Phi) is 7.49. The molecule has 0 aliphatic rings. The Balaban J connectivity index is 1.77. The van der Waals surface area contributed by atoms with Gasteiger partial charge in [0.25, 0.3) is 0 Å². The highest BCUT2D eigenvalue weighted by molar-refractivity contribution is 5.84. The second-order valence-corrected chi connectivity index (χ2v) is 6.03. The summed E-state index contributed by atoms with van der Waals surface area (Å²) in [6, 6.07) is 14.4. The number of hydrogen-bond donors (Lipinski definition) is 3. The van der Waals surface area contributed by atoms with E-state index in [2.05, 4.69) is 10.6 Å². The van der Waals surface area contributed by atoms with Crippen molar-refractivity contribution < 1.29 is 14.3 Å². The van der Waals surface area contributed by atoms with Gasteiger partial charge in [0.05, 0.1) is 13.7 Å². The van der Waals surface area contributed by atoms with Gasteiger partial charge in [0.15, 0.2) is 0 Å². The van der Waals surface area contributed by atoms with Gasteiger partial charge in [0.1, 0.15) is 5.75 Å². The summed E-state index contributed by atoms with van der Waals surface area (Å²) in [5, 5.41) is 5.31. The number of urea groups is 1. The van der Waals surface area contributed by atoms with E-state index in [-0.39, 0.29) is 18.5 Å². The van der Waals surface area contributed by atoms with E-state index in [0.717, 1.165) is 16.9 Å². The van der Waals surface area contributed by atoms with E-state index < -0.39 is 0 Å². The fraction of sp³-hybridized carbons (Fsp3) is 0.300. The number of methoxy groups -OCH3 is 1. The average Bonchev–Trinajstić information content (AvgIpc) is 2.70. The van der Waals surface area contributed by atoms with Crippen LogP contribution >= 0.6 is 0 Å². The summed E-state index contributed by atoms with van der Waals surface area (Å²) < 4.78 is 5.13. The Morgan fingerprint density at radius 1 is 1.00 bits per heavy atom. The number of hydrogen-bond acceptors (Lipinski definition) is 4. The van der Waals surface area contributed by atoms with Crippen molar-refractivity contribution >= 4 is 17.6 Å². The monoisotopic (exact) mass is 370 g/mol. The highest BCUT2D eigenvalue weighted by atomic mass is 16.5. The summed E-state index contributed by atoms with van der Waals surface area (Å²) >= 11 is 0. The van der Waals surface area contributed by atoms with Gasteiger partial charge in [-0.05, 0) is 42.3 Å². The largest absolute Gasteiger partial charge is 0.497 e. The number of nitrogens with one attached hydrogen (secondary N) is 2. The van der Waals surface area contributed by atoms with Crippen LogP contribution in [0, 0.1) is 0 Å². The summed E-state index contributed by atoms with van der Waals surface area (Å²) in [6.07, 6.45) is 0. The molecule has 4 N–H and O–H groups in total. The number of anilines is 1. The summed E-state index contributed by atoms with van der Waals surface area (Å²) in [4.78, 5) is 25.9. The molecule has 0 atom stereocenters. The van der Waals surface area contributed by atoms with Crippen LogP contribution in [0.5, 0.6) is 5.75 Å². The lowest BCUT2D eigenvalue weighted by molar-refractivity contribution is -0.130. The van der Waals surface area contributed by atoms with Crippen molar-refractivity contribution in [2.45, 2.75) is 20.0 Å². The highest BCUT2D eigenvalue weighted by Crippen LogP contribution is 2.13. The van der Waals surface area contributed by atoms with Crippen LogP contribution in [0.2, 0.25) is 0 Å². The average molecular weight is 370 g/mol. The van der Waals surface area contributed by atoms with E-state index in [9.17, 15) is 9.59 Å². The fourth-order valence-corrected chi connectivity index (χ4v) is 2.48. The van der Waals surface area contributed by atoms with Crippen LogP contribution in [0.3, 0.4) is 0 Å². The molecule has 7 heteroatoms. The van der Waals surface area contributed by atoms with Crippen molar-refractivity contribution in [3.8, 4) is 5.75 Å². The van der Waals surface area contributed by atoms with Gasteiger partial charge in [0, 0.05) is 25.3 Å². The molecule has 0 fully saturated rings. The van der Waals surface area contributed by atoms with Crippen molar-refractivity contribution in [1.82, 2.24) is 15.5 Å². The first kappa shape index (κ1) is 20.1. The molecule has 0 saturated heterocycles. The number of nitrogen functional groups attached to an aromatic ring is 1. The van der Waals surface area contributed by atoms with Crippen LogP contribution in [0.4, 0.5) is 10.5 Å².